The molecule has 4 aliphatic rings. The van der Waals surface area contributed by atoms with E-state index in [1.165, 1.54) is 0 Å². The molecule has 4 aliphatic carbocycles. The molecule has 0 aromatic rings. The molecule has 0 aliphatic heterocycles. The van der Waals surface area contributed by atoms with E-state index in [0.717, 1.165) is 51.4 Å². The highest BCUT2D eigenvalue weighted by Gasteiger charge is 2.63. The fourth-order valence-corrected chi connectivity index (χ4v) is 9.09. The summed E-state index contributed by atoms with van der Waals surface area (Å²) >= 11 is 0. The lowest BCUT2D eigenvalue weighted by atomic mass is 9.43. The number of ether oxygens (including phenoxy) is 1. The number of aliphatic hydroxyl groups is 2. The van der Waals surface area contributed by atoms with Crippen molar-refractivity contribution in [1.29, 1.82) is 0 Å². The van der Waals surface area contributed by atoms with Crippen LogP contribution in [0.5, 0.6) is 0 Å². The molecule has 0 bridgehead atoms. The van der Waals surface area contributed by atoms with Crippen LogP contribution in [-0.2, 0) is 9.53 Å². The van der Waals surface area contributed by atoms with Crippen molar-refractivity contribution in [2.24, 2.45) is 40.4 Å². The van der Waals surface area contributed by atoms with Crippen molar-refractivity contribution >= 4 is 12.0 Å². The van der Waals surface area contributed by atoms with E-state index in [9.17, 15) is 19.8 Å². The van der Waals surface area contributed by atoms with Gasteiger partial charge >= 0.3 is 6.09 Å². The van der Waals surface area contributed by atoms with Crippen LogP contribution in [0.25, 0.3) is 0 Å². The SMILES string of the molecule is CC(NC(=O)CNC(=O)OC(C)(C)C)[C@H]1CCC2C3CCC4C[C@@H](O)CC[C@]4(C)C3[C@@H](O)C[C@@]21C. The normalized spacial score (nSPS) is 43.8. The Labute approximate surface area is 211 Å². The number of carbonyl (C=O) groups is 2. The minimum absolute atomic E-state index is 0.0107. The quantitative estimate of drug-likeness (QED) is 0.474. The minimum Gasteiger partial charge on any atom is -0.444 e. The highest BCUT2D eigenvalue weighted by molar-refractivity contribution is 5.82. The molecule has 10 atom stereocenters. The third kappa shape index (κ3) is 5.09. The fraction of sp³-hybridized carbons (Fsp3) is 0.929. The predicted octanol–water partition coefficient (Wildman–Crippen LogP) is 4.01. The van der Waals surface area contributed by atoms with Gasteiger partial charge in [0.2, 0.25) is 5.91 Å². The van der Waals surface area contributed by atoms with Gasteiger partial charge in [-0.3, -0.25) is 4.79 Å². The van der Waals surface area contributed by atoms with Gasteiger partial charge in [0.15, 0.2) is 0 Å². The van der Waals surface area contributed by atoms with E-state index >= 15 is 0 Å². The lowest BCUT2D eigenvalue weighted by Gasteiger charge is -2.62. The average molecular weight is 493 g/mol. The van der Waals surface area contributed by atoms with E-state index in [1.54, 1.807) is 20.8 Å². The summed E-state index contributed by atoms with van der Waals surface area (Å²) in [7, 11) is 0. The zero-order chi connectivity index (χ0) is 25.8. The molecule has 4 saturated carbocycles. The van der Waals surface area contributed by atoms with Gasteiger partial charge in [-0.1, -0.05) is 13.8 Å². The van der Waals surface area contributed by atoms with Crippen LogP contribution in [0.1, 0.15) is 92.9 Å². The van der Waals surface area contributed by atoms with Crippen LogP contribution in [0.2, 0.25) is 0 Å². The second kappa shape index (κ2) is 9.51. The minimum atomic E-state index is -0.603. The van der Waals surface area contributed by atoms with Crippen LogP contribution in [0.3, 0.4) is 0 Å². The fourth-order valence-electron chi connectivity index (χ4n) is 9.09. The molecular weight excluding hydrogens is 444 g/mol. The van der Waals surface area contributed by atoms with E-state index in [1.807, 2.05) is 0 Å². The number of alkyl carbamates (subject to hydrolysis) is 1. The van der Waals surface area contributed by atoms with E-state index in [4.69, 9.17) is 4.74 Å². The van der Waals surface area contributed by atoms with Gasteiger partial charge in [-0.2, -0.15) is 0 Å². The summed E-state index contributed by atoms with van der Waals surface area (Å²) in [6.07, 6.45) is 6.93. The molecule has 4 fully saturated rings. The van der Waals surface area contributed by atoms with Crippen LogP contribution in [0.15, 0.2) is 0 Å². The molecule has 0 aromatic carbocycles. The molecular formula is C28H48N2O5. The second-order valence-electron chi connectivity index (χ2n) is 13.7. The Bertz CT molecular complexity index is 812. The molecule has 0 heterocycles. The summed E-state index contributed by atoms with van der Waals surface area (Å²) in [5.74, 6) is 1.99. The maximum Gasteiger partial charge on any atom is 0.408 e. The monoisotopic (exact) mass is 492 g/mol. The number of amides is 2. The van der Waals surface area contributed by atoms with Crippen molar-refractivity contribution < 1.29 is 24.5 Å². The van der Waals surface area contributed by atoms with E-state index in [0.29, 0.717) is 29.6 Å². The number of hydrogen-bond donors (Lipinski definition) is 4. The standard InChI is InChI=1S/C28H48N2O5/c1-16(30-23(33)15-29-25(34)35-26(2,3)4)20-9-10-21-19-8-7-17-13-18(31)11-12-27(17,5)24(19)22(32)14-28(20,21)6/h16-22,24,31-32H,7-15H2,1-6H3,(H,29,34)(H,30,33)/t16?,17?,18-,19?,20+,21?,22-,24?,27-,28+/m0/s1. The van der Waals surface area contributed by atoms with E-state index in [-0.39, 0.29) is 41.5 Å². The van der Waals surface area contributed by atoms with Crippen molar-refractivity contribution in [2.75, 3.05) is 6.54 Å². The number of nitrogens with one attached hydrogen (secondary N) is 2. The molecule has 0 aromatic heterocycles. The van der Waals surface area contributed by atoms with Crippen molar-refractivity contribution in [3.63, 3.8) is 0 Å². The third-order valence-electron chi connectivity index (χ3n) is 10.4. The number of fused-ring (bicyclic) bond motifs is 5. The lowest BCUT2D eigenvalue weighted by Crippen LogP contribution is -2.60. The molecule has 4 rings (SSSR count). The Morgan fingerprint density at radius 2 is 1.77 bits per heavy atom. The molecule has 35 heavy (non-hydrogen) atoms. The van der Waals surface area contributed by atoms with Gasteiger partial charge in [0, 0.05) is 6.04 Å². The van der Waals surface area contributed by atoms with Gasteiger partial charge in [-0.05, 0) is 119 Å². The average Bonchev–Trinajstić information content (AvgIpc) is 3.08. The van der Waals surface area contributed by atoms with Crippen LogP contribution >= 0.6 is 0 Å². The zero-order valence-corrected chi connectivity index (χ0v) is 22.6. The topological polar surface area (TPSA) is 108 Å². The first-order chi connectivity index (χ1) is 16.2. The first-order valence-corrected chi connectivity index (χ1v) is 13.9. The molecule has 4 N–H and O–H groups in total. The summed E-state index contributed by atoms with van der Waals surface area (Å²) in [5.41, 5.74) is -0.494. The van der Waals surface area contributed by atoms with Gasteiger partial charge in [0.1, 0.15) is 12.1 Å². The van der Waals surface area contributed by atoms with Crippen LogP contribution in [-0.4, -0.2) is 52.6 Å². The number of carbonyl (C=O) groups excluding carboxylic acids is 2. The Balaban J connectivity index is 1.40. The van der Waals surface area contributed by atoms with Gasteiger partial charge in [-0.25, -0.2) is 4.79 Å². The zero-order valence-electron chi connectivity index (χ0n) is 22.6. The van der Waals surface area contributed by atoms with Gasteiger partial charge in [0.05, 0.1) is 12.2 Å². The molecule has 7 heteroatoms. The van der Waals surface area contributed by atoms with Gasteiger partial charge < -0.3 is 25.6 Å². The smallest absolute Gasteiger partial charge is 0.408 e. The highest BCUT2D eigenvalue weighted by Crippen LogP contribution is 2.67. The summed E-state index contributed by atoms with van der Waals surface area (Å²) in [4.78, 5) is 24.5. The summed E-state index contributed by atoms with van der Waals surface area (Å²) in [5, 5.41) is 27.5. The number of aliphatic hydroxyl groups excluding tert-OH is 2. The van der Waals surface area contributed by atoms with Crippen molar-refractivity contribution in [3.05, 3.63) is 0 Å². The second-order valence-corrected chi connectivity index (χ2v) is 13.7. The van der Waals surface area contributed by atoms with E-state index in [2.05, 4.69) is 31.4 Å². The molecule has 200 valence electrons. The molecule has 7 nitrogen and oxygen atoms in total. The number of rotatable bonds is 4. The maximum absolute atomic E-state index is 12.6. The highest BCUT2D eigenvalue weighted by atomic mass is 16.6. The maximum atomic E-state index is 12.6. The van der Waals surface area contributed by atoms with Gasteiger partial charge in [0.25, 0.3) is 0 Å². The molecule has 0 spiro atoms. The molecule has 2 amide bonds. The van der Waals surface area contributed by atoms with Crippen molar-refractivity contribution in [3.8, 4) is 0 Å². The Morgan fingerprint density at radius 1 is 1.06 bits per heavy atom. The summed E-state index contributed by atoms with van der Waals surface area (Å²) in [6, 6.07) is -0.0292. The summed E-state index contributed by atoms with van der Waals surface area (Å²) in [6.45, 7) is 12.1. The van der Waals surface area contributed by atoms with Crippen molar-refractivity contribution in [2.45, 2.75) is 117 Å². The summed E-state index contributed by atoms with van der Waals surface area (Å²) < 4.78 is 5.22. The molecule has 5 unspecified atom stereocenters. The Kier molecular flexibility index (Phi) is 7.26. The molecule has 0 saturated heterocycles. The number of hydrogen-bond acceptors (Lipinski definition) is 5. The first kappa shape index (κ1) is 26.7. The lowest BCUT2D eigenvalue weighted by molar-refractivity contribution is -0.178. The predicted molar refractivity (Wildman–Crippen MR) is 134 cm³/mol. The third-order valence-corrected chi connectivity index (χ3v) is 10.4. The van der Waals surface area contributed by atoms with Crippen molar-refractivity contribution in [1.82, 2.24) is 10.6 Å². The first-order valence-electron chi connectivity index (χ1n) is 13.9. The van der Waals surface area contributed by atoms with E-state index < -0.39 is 11.7 Å². The Hall–Kier alpha value is -1.34. The Morgan fingerprint density at radius 3 is 2.46 bits per heavy atom. The molecule has 0 radical (unpaired) electrons. The van der Waals surface area contributed by atoms with Gasteiger partial charge in [-0.15, -0.1) is 0 Å². The largest absolute Gasteiger partial charge is 0.444 e. The van der Waals surface area contributed by atoms with Crippen LogP contribution in [0, 0.1) is 40.4 Å². The van der Waals surface area contributed by atoms with Crippen LogP contribution in [0.4, 0.5) is 4.79 Å². The van der Waals surface area contributed by atoms with Crippen LogP contribution < -0.4 is 10.6 Å².